The molecule has 0 aliphatic rings. The van der Waals surface area contributed by atoms with Crippen molar-refractivity contribution in [2.45, 2.75) is 200 Å². The van der Waals surface area contributed by atoms with Gasteiger partial charge in [0.25, 0.3) is 7.82 Å². The van der Waals surface area contributed by atoms with Crippen LogP contribution in [-0.2, 0) is 32.7 Å². The van der Waals surface area contributed by atoms with E-state index in [1.165, 1.54) is 77.0 Å². The molecular weight excluding hydrogens is 774 g/mol. The second-order valence-electron chi connectivity index (χ2n) is 17.1. The molecule has 0 rings (SSSR count). The van der Waals surface area contributed by atoms with Crippen molar-refractivity contribution in [3.63, 3.8) is 0 Å². The van der Waals surface area contributed by atoms with E-state index in [0.717, 1.165) is 83.5 Å². The number of carbonyl (C=O) groups is 2. The van der Waals surface area contributed by atoms with Crippen LogP contribution in [-0.4, -0.2) is 70.0 Å². The molecule has 348 valence electrons. The van der Waals surface area contributed by atoms with E-state index in [0.29, 0.717) is 17.4 Å². The van der Waals surface area contributed by atoms with Crippen molar-refractivity contribution in [2.24, 2.45) is 0 Å². The Balaban J connectivity index is 3.94. The molecular formula is C50H90NO8P. The van der Waals surface area contributed by atoms with E-state index in [-0.39, 0.29) is 26.1 Å². The third-order valence-corrected chi connectivity index (χ3v) is 11.0. The van der Waals surface area contributed by atoms with Gasteiger partial charge in [0.05, 0.1) is 27.7 Å². The SMILES string of the molecule is CC/C=C\C/C=C\C/C=C\C/C=C\C/C=C\CCCCCCCCCCCCCCCCCC(=O)OC(COC(=O)CCCCCCC)COP(=O)([O-])OCC[N+](C)(C)C. The zero-order chi connectivity index (χ0) is 44.3. The zero-order valence-corrected chi connectivity index (χ0v) is 40.0. The summed E-state index contributed by atoms with van der Waals surface area (Å²) in [6.07, 6.45) is 51.7. The van der Waals surface area contributed by atoms with Crippen molar-refractivity contribution in [1.82, 2.24) is 0 Å². The van der Waals surface area contributed by atoms with E-state index in [2.05, 4.69) is 74.6 Å². The summed E-state index contributed by atoms with van der Waals surface area (Å²) in [5, 5.41) is 0. The molecule has 0 amide bonds. The number of ether oxygens (including phenoxy) is 2. The van der Waals surface area contributed by atoms with Gasteiger partial charge in [0.2, 0.25) is 0 Å². The van der Waals surface area contributed by atoms with Crippen LogP contribution in [0.1, 0.15) is 194 Å². The summed E-state index contributed by atoms with van der Waals surface area (Å²) in [6, 6.07) is 0. The number of phosphoric ester groups is 1. The van der Waals surface area contributed by atoms with E-state index in [1.54, 1.807) is 0 Å². The molecule has 0 aliphatic carbocycles. The molecule has 0 aromatic carbocycles. The zero-order valence-electron chi connectivity index (χ0n) is 39.1. The van der Waals surface area contributed by atoms with Gasteiger partial charge in [-0.05, 0) is 57.8 Å². The van der Waals surface area contributed by atoms with Crippen molar-refractivity contribution < 1.29 is 42.1 Å². The van der Waals surface area contributed by atoms with Crippen molar-refractivity contribution in [3.05, 3.63) is 60.8 Å². The summed E-state index contributed by atoms with van der Waals surface area (Å²) < 4.78 is 33.7. The number of carbonyl (C=O) groups excluding carboxylic acids is 2. The van der Waals surface area contributed by atoms with Crippen LogP contribution in [0.4, 0.5) is 0 Å². The molecule has 0 bridgehead atoms. The Labute approximate surface area is 368 Å². The largest absolute Gasteiger partial charge is 0.756 e. The molecule has 0 N–H and O–H groups in total. The van der Waals surface area contributed by atoms with E-state index in [1.807, 2.05) is 21.1 Å². The van der Waals surface area contributed by atoms with E-state index in [4.69, 9.17) is 18.5 Å². The van der Waals surface area contributed by atoms with Crippen molar-refractivity contribution >= 4 is 19.8 Å². The fraction of sp³-hybridized carbons (Fsp3) is 0.760. The Morgan fingerprint density at radius 1 is 0.533 bits per heavy atom. The summed E-state index contributed by atoms with van der Waals surface area (Å²) in [4.78, 5) is 37.2. The standard InChI is InChI=1S/C50H90NO8P/c1-6-8-10-12-13-14-15-16-17-18-19-20-21-22-23-24-25-26-27-28-29-30-31-32-33-34-35-36-37-39-41-43-50(53)59-48(46-56-49(52)42-40-38-11-9-7-2)47-58-60(54,55)57-45-44-51(3,4)5/h8,10,13-14,16-17,19-20,22-23,48H,6-7,9,11-12,15,18,21,24-47H2,1-5H3/b10-8-,14-13-,17-16-,20-19-,23-22-. The number of esters is 2. The number of hydrogen-bond acceptors (Lipinski definition) is 8. The predicted octanol–water partition coefficient (Wildman–Crippen LogP) is 13.4. The summed E-state index contributed by atoms with van der Waals surface area (Å²) in [5.74, 6) is -0.848. The van der Waals surface area contributed by atoms with Gasteiger partial charge in [-0.2, -0.15) is 0 Å². The maximum Gasteiger partial charge on any atom is 0.306 e. The molecule has 0 aromatic rings. The fourth-order valence-electron chi connectivity index (χ4n) is 6.33. The monoisotopic (exact) mass is 864 g/mol. The highest BCUT2D eigenvalue weighted by Gasteiger charge is 2.21. The summed E-state index contributed by atoms with van der Waals surface area (Å²) in [6.45, 7) is 4.01. The van der Waals surface area contributed by atoms with Crippen LogP contribution < -0.4 is 4.89 Å². The molecule has 10 heteroatoms. The lowest BCUT2D eigenvalue weighted by atomic mass is 10.0. The molecule has 2 atom stereocenters. The average Bonchev–Trinajstić information content (AvgIpc) is 3.20. The van der Waals surface area contributed by atoms with E-state index in [9.17, 15) is 19.0 Å². The maximum atomic E-state index is 12.6. The molecule has 0 heterocycles. The Bertz CT molecular complexity index is 1210. The highest BCUT2D eigenvalue weighted by molar-refractivity contribution is 7.45. The number of allylic oxidation sites excluding steroid dienone is 10. The first-order valence-corrected chi connectivity index (χ1v) is 25.5. The third kappa shape index (κ3) is 45.2. The Kier molecular flexibility index (Phi) is 40.4. The molecule has 60 heavy (non-hydrogen) atoms. The number of quaternary nitrogens is 1. The highest BCUT2D eigenvalue weighted by atomic mass is 31.2. The Morgan fingerprint density at radius 2 is 0.950 bits per heavy atom. The topological polar surface area (TPSA) is 111 Å². The van der Waals surface area contributed by atoms with E-state index >= 15 is 0 Å². The second-order valence-corrected chi connectivity index (χ2v) is 18.5. The van der Waals surface area contributed by atoms with Gasteiger partial charge in [-0.15, -0.1) is 0 Å². The van der Waals surface area contributed by atoms with Crippen LogP contribution in [0.25, 0.3) is 0 Å². The average molecular weight is 864 g/mol. The van der Waals surface area contributed by atoms with Gasteiger partial charge in [-0.25, -0.2) is 0 Å². The van der Waals surface area contributed by atoms with Gasteiger partial charge in [-0.3, -0.25) is 14.2 Å². The predicted molar refractivity (Wildman–Crippen MR) is 250 cm³/mol. The van der Waals surface area contributed by atoms with Gasteiger partial charge in [0, 0.05) is 12.8 Å². The van der Waals surface area contributed by atoms with Crippen molar-refractivity contribution in [1.29, 1.82) is 0 Å². The Morgan fingerprint density at radius 3 is 1.42 bits per heavy atom. The molecule has 0 saturated heterocycles. The molecule has 0 saturated carbocycles. The maximum absolute atomic E-state index is 12.6. The van der Waals surface area contributed by atoms with Crippen LogP contribution in [0, 0.1) is 0 Å². The lowest BCUT2D eigenvalue weighted by Gasteiger charge is -2.28. The first-order valence-electron chi connectivity index (χ1n) is 24.0. The molecule has 0 fully saturated rings. The number of rotatable bonds is 43. The molecule has 0 aliphatic heterocycles. The summed E-state index contributed by atoms with van der Waals surface area (Å²) >= 11 is 0. The second kappa shape index (κ2) is 42.0. The lowest BCUT2D eigenvalue weighted by Crippen LogP contribution is -2.37. The Hall–Kier alpha value is -2.29. The molecule has 0 radical (unpaired) electrons. The van der Waals surface area contributed by atoms with Gasteiger partial charge in [-0.1, -0.05) is 184 Å². The minimum Gasteiger partial charge on any atom is -0.756 e. The third-order valence-electron chi connectivity index (χ3n) is 10.1. The van der Waals surface area contributed by atoms with Crippen LogP contribution >= 0.6 is 7.82 Å². The van der Waals surface area contributed by atoms with E-state index < -0.39 is 32.5 Å². The summed E-state index contributed by atoms with van der Waals surface area (Å²) in [7, 11) is 1.16. The first kappa shape index (κ1) is 57.7. The number of unbranched alkanes of at least 4 members (excludes halogenated alkanes) is 19. The molecule has 0 spiro atoms. The van der Waals surface area contributed by atoms with Crippen molar-refractivity contribution in [2.75, 3.05) is 47.5 Å². The molecule has 2 unspecified atom stereocenters. The molecule has 9 nitrogen and oxygen atoms in total. The minimum atomic E-state index is -4.61. The van der Waals surface area contributed by atoms with Gasteiger partial charge in [0.15, 0.2) is 6.10 Å². The summed E-state index contributed by atoms with van der Waals surface area (Å²) in [5.41, 5.74) is 0. The number of nitrogens with zero attached hydrogens (tertiary/aromatic N) is 1. The smallest absolute Gasteiger partial charge is 0.306 e. The lowest BCUT2D eigenvalue weighted by molar-refractivity contribution is -0.870. The van der Waals surface area contributed by atoms with Crippen LogP contribution in [0.3, 0.4) is 0 Å². The number of phosphoric acid groups is 1. The number of hydrogen-bond donors (Lipinski definition) is 0. The van der Waals surface area contributed by atoms with Crippen LogP contribution in [0.15, 0.2) is 60.8 Å². The van der Waals surface area contributed by atoms with Crippen molar-refractivity contribution in [3.8, 4) is 0 Å². The quantitative estimate of drug-likeness (QED) is 0.0196. The van der Waals surface area contributed by atoms with Gasteiger partial charge in [0.1, 0.15) is 19.8 Å². The molecule has 0 aromatic heterocycles. The van der Waals surface area contributed by atoms with Crippen LogP contribution in [0.2, 0.25) is 0 Å². The van der Waals surface area contributed by atoms with Gasteiger partial charge >= 0.3 is 11.9 Å². The normalized spacial score (nSPS) is 14.0. The minimum absolute atomic E-state index is 0.0313. The number of likely N-dealkylation sites (N-methyl/N-ethyl adjacent to an activating group) is 1. The van der Waals surface area contributed by atoms with Gasteiger partial charge < -0.3 is 27.9 Å². The fourth-order valence-corrected chi connectivity index (χ4v) is 7.06. The van der Waals surface area contributed by atoms with Crippen LogP contribution in [0.5, 0.6) is 0 Å². The highest BCUT2D eigenvalue weighted by Crippen LogP contribution is 2.38. The first-order chi connectivity index (χ1) is 29.0.